The summed E-state index contributed by atoms with van der Waals surface area (Å²) in [6.45, 7) is 20.1. The van der Waals surface area contributed by atoms with Gasteiger partial charge in [-0.3, -0.25) is 0 Å². The number of unbranched alkanes of at least 4 members (excludes halogenated alkanes) is 16. The summed E-state index contributed by atoms with van der Waals surface area (Å²) in [7, 11) is 8.78. The van der Waals surface area contributed by atoms with Crippen LogP contribution in [0, 0.1) is 12.5 Å². The quantitative estimate of drug-likeness (QED) is 0.0151. The van der Waals surface area contributed by atoms with Gasteiger partial charge in [0.15, 0.2) is 0 Å². The second kappa shape index (κ2) is 34.4. The molecule has 9 nitrogen and oxygen atoms in total. The molecule has 4 rings (SSSR count). The first kappa shape index (κ1) is 59.5. The van der Waals surface area contributed by atoms with Gasteiger partial charge in [0, 0.05) is 30.5 Å². The van der Waals surface area contributed by atoms with Crippen molar-refractivity contribution in [3.05, 3.63) is 107 Å². The van der Waals surface area contributed by atoms with Crippen LogP contribution in [0.1, 0.15) is 180 Å². The van der Waals surface area contributed by atoms with Crippen LogP contribution in [0.4, 0.5) is 0 Å². The lowest BCUT2D eigenvalue weighted by Crippen LogP contribution is -2.41. The van der Waals surface area contributed by atoms with Gasteiger partial charge < -0.3 is 38.2 Å². The van der Waals surface area contributed by atoms with Crippen LogP contribution >= 0.6 is 20.7 Å². The predicted molar refractivity (Wildman–Crippen MR) is 296 cm³/mol. The standard InChI is InChI=1S/C58H89BN3O6PS/c1-9-10-11-12-13-14-15-16-17-18-19-22-28-33-55(70)61-42-29-23-20-21-27-32-53-56(68-69(66-44-43-60-6)62(46(2)3)47(4)5)54(67-57(53)59)45-65-58(48-30-25-24-26-31-48,49-34-38-51(63-7)39-35-49)50-36-40-52(64-8)41-37-50/h24-26,30-31,34-41,46-47,53-54,56-57H,9-23,27-29,32-33,42-45H2,1-5,7-8H3,(H,61,70)/t53-,54+,56?,57+,69?/m0/s1. The van der Waals surface area contributed by atoms with Crippen molar-refractivity contribution in [2.75, 3.05) is 40.5 Å². The Kier molecular flexibility index (Phi) is 29.2. The van der Waals surface area contributed by atoms with Crippen molar-refractivity contribution in [1.82, 2.24) is 9.99 Å². The Morgan fingerprint density at radius 2 is 1.23 bits per heavy atom. The number of thiocarbonyl (C=S) groups is 1. The Balaban J connectivity index is 1.39. The molecule has 1 fully saturated rings. The summed E-state index contributed by atoms with van der Waals surface area (Å²) in [5.74, 6) is 1.41. The molecule has 0 amide bonds. The molecule has 70 heavy (non-hydrogen) atoms. The number of nitrogens with one attached hydrogen (secondary N) is 1. The lowest BCUT2D eigenvalue weighted by Gasteiger charge is -2.39. The molecule has 0 aromatic heterocycles. The highest BCUT2D eigenvalue weighted by molar-refractivity contribution is 7.80. The first-order valence-electron chi connectivity index (χ1n) is 27.0. The Labute approximate surface area is 433 Å². The van der Waals surface area contributed by atoms with Crippen molar-refractivity contribution >= 4 is 33.6 Å². The number of ether oxygens (including phenoxy) is 4. The molecule has 0 spiro atoms. The van der Waals surface area contributed by atoms with Crippen molar-refractivity contribution in [2.24, 2.45) is 5.92 Å². The first-order chi connectivity index (χ1) is 34.1. The molecule has 386 valence electrons. The van der Waals surface area contributed by atoms with Crippen molar-refractivity contribution in [2.45, 2.75) is 199 Å². The van der Waals surface area contributed by atoms with E-state index < -0.39 is 32.3 Å². The summed E-state index contributed by atoms with van der Waals surface area (Å²) >= 11 is 5.70. The zero-order valence-electron chi connectivity index (χ0n) is 44.2. The van der Waals surface area contributed by atoms with Gasteiger partial charge in [0.2, 0.25) is 6.54 Å². The molecule has 1 heterocycles. The van der Waals surface area contributed by atoms with Gasteiger partial charge in [-0.1, -0.05) is 176 Å². The topological polar surface area (TPSA) is 75.0 Å². The lowest BCUT2D eigenvalue weighted by atomic mass is 9.79. The van der Waals surface area contributed by atoms with E-state index in [9.17, 15) is 0 Å². The number of hydrogen-bond acceptors (Lipinski definition) is 8. The third-order valence-electron chi connectivity index (χ3n) is 13.6. The molecule has 1 N–H and O–H groups in total. The average molecular weight is 998 g/mol. The van der Waals surface area contributed by atoms with Gasteiger partial charge in [-0.25, -0.2) is 11.2 Å². The fraction of sp³-hybridized carbons (Fsp3) is 0.655. The molecule has 1 aliphatic rings. The second-order valence-corrected chi connectivity index (χ2v) is 21.5. The van der Waals surface area contributed by atoms with Crippen LogP contribution in [0.5, 0.6) is 11.5 Å². The molecular weight excluding hydrogens is 909 g/mol. The van der Waals surface area contributed by atoms with E-state index in [0.717, 1.165) is 84.7 Å². The maximum atomic E-state index is 7.47. The predicted octanol–water partition coefficient (Wildman–Crippen LogP) is 14.9. The molecule has 5 atom stereocenters. The highest BCUT2D eigenvalue weighted by Crippen LogP contribution is 2.51. The van der Waals surface area contributed by atoms with Crippen molar-refractivity contribution in [3.8, 4) is 11.5 Å². The lowest BCUT2D eigenvalue weighted by molar-refractivity contribution is -0.0717. The highest BCUT2D eigenvalue weighted by atomic mass is 32.1. The van der Waals surface area contributed by atoms with Crippen LogP contribution in [0.25, 0.3) is 4.85 Å². The number of hydrogen-bond donors (Lipinski definition) is 1. The van der Waals surface area contributed by atoms with E-state index >= 15 is 0 Å². The molecule has 2 unspecified atom stereocenters. The third-order valence-corrected chi connectivity index (χ3v) is 16.1. The summed E-state index contributed by atoms with van der Waals surface area (Å²) in [6.07, 6.45) is 24.1. The van der Waals surface area contributed by atoms with Gasteiger partial charge in [-0.05, 0) is 94.3 Å². The minimum absolute atomic E-state index is 0.0959. The van der Waals surface area contributed by atoms with E-state index in [1.165, 1.54) is 83.5 Å². The van der Waals surface area contributed by atoms with Crippen LogP contribution in [-0.2, 0) is 24.1 Å². The maximum absolute atomic E-state index is 7.47. The first-order valence-corrected chi connectivity index (χ1v) is 28.5. The number of methoxy groups -OCH3 is 2. The van der Waals surface area contributed by atoms with Crippen molar-refractivity contribution in [1.29, 1.82) is 0 Å². The smallest absolute Gasteiger partial charge is 0.259 e. The summed E-state index contributed by atoms with van der Waals surface area (Å²) in [5.41, 5.74) is 1.79. The summed E-state index contributed by atoms with van der Waals surface area (Å²) in [5, 5.41) is 3.53. The SMILES string of the molecule is [B][C@@H]1O[C@H](COC(c2ccccc2)(c2ccc(OC)cc2)c2ccc(OC)cc2)C(OP(OCC[N+]#[C-])N(C(C)C)C(C)C)[C@@H]1CCCCCCCNC(=S)CCCCCCCCCCCCCCC. The summed E-state index contributed by atoms with van der Waals surface area (Å²) < 4.78 is 41.3. The van der Waals surface area contributed by atoms with Gasteiger partial charge >= 0.3 is 0 Å². The fourth-order valence-electron chi connectivity index (χ4n) is 9.78. The van der Waals surface area contributed by atoms with Crippen molar-refractivity contribution < 1.29 is 28.0 Å². The van der Waals surface area contributed by atoms with Crippen LogP contribution in [-0.4, -0.2) is 88.3 Å². The Morgan fingerprint density at radius 3 is 1.74 bits per heavy atom. The van der Waals surface area contributed by atoms with Gasteiger partial charge in [0.05, 0.1) is 31.9 Å². The van der Waals surface area contributed by atoms with E-state index in [0.29, 0.717) is 0 Å². The fourth-order valence-corrected chi connectivity index (χ4v) is 11.8. The largest absolute Gasteiger partial charge is 0.497 e. The molecule has 1 aliphatic heterocycles. The van der Waals surface area contributed by atoms with E-state index in [1.807, 2.05) is 42.5 Å². The molecule has 0 aliphatic carbocycles. The third kappa shape index (κ3) is 19.7. The zero-order valence-corrected chi connectivity index (χ0v) is 45.9. The maximum Gasteiger partial charge on any atom is 0.259 e. The minimum Gasteiger partial charge on any atom is -0.497 e. The molecule has 3 aromatic rings. The van der Waals surface area contributed by atoms with E-state index in [-0.39, 0.29) is 37.8 Å². The van der Waals surface area contributed by atoms with Crippen molar-refractivity contribution in [3.63, 3.8) is 0 Å². The van der Waals surface area contributed by atoms with Gasteiger partial charge in [0.25, 0.3) is 8.53 Å². The van der Waals surface area contributed by atoms with Gasteiger partial charge in [-0.2, -0.15) is 0 Å². The average Bonchev–Trinajstić information content (AvgIpc) is 3.66. The molecule has 12 heteroatoms. The van der Waals surface area contributed by atoms with E-state index in [1.54, 1.807) is 14.2 Å². The second-order valence-electron chi connectivity index (χ2n) is 19.6. The normalized spacial score (nSPS) is 17.6. The molecule has 2 radical (unpaired) electrons. The summed E-state index contributed by atoms with van der Waals surface area (Å²) in [6, 6.07) is 26.2. The van der Waals surface area contributed by atoms with Crippen LogP contribution in [0.3, 0.4) is 0 Å². The van der Waals surface area contributed by atoms with E-state index in [2.05, 4.69) is 85.8 Å². The van der Waals surface area contributed by atoms with Crippen LogP contribution in [0.15, 0.2) is 78.9 Å². The van der Waals surface area contributed by atoms with Crippen LogP contribution < -0.4 is 14.8 Å². The zero-order chi connectivity index (χ0) is 50.4. The Morgan fingerprint density at radius 1 is 0.729 bits per heavy atom. The molecule has 1 saturated heterocycles. The monoisotopic (exact) mass is 998 g/mol. The summed E-state index contributed by atoms with van der Waals surface area (Å²) in [4.78, 5) is 4.60. The molecule has 0 bridgehead atoms. The van der Waals surface area contributed by atoms with Gasteiger partial charge in [-0.15, -0.1) is 0 Å². The van der Waals surface area contributed by atoms with Gasteiger partial charge in [0.1, 0.15) is 37.7 Å². The number of benzene rings is 3. The highest BCUT2D eigenvalue weighted by Gasteiger charge is 2.47. The molecule has 0 saturated carbocycles. The molecule has 3 aromatic carbocycles. The molecular formula is C58H89BN3O6PS. The number of rotatable bonds is 38. The minimum atomic E-state index is -1.57. The van der Waals surface area contributed by atoms with E-state index in [4.69, 9.17) is 54.6 Å². The van der Waals surface area contributed by atoms with Crippen LogP contribution in [0.2, 0.25) is 0 Å². The Hall–Kier alpha value is -3.07. The number of nitrogens with zero attached hydrogens (tertiary/aromatic N) is 2. The Bertz CT molecular complexity index is 1810.